The van der Waals surface area contributed by atoms with Crippen molar-refractivity contribution in [2.24, 2.45) is 0 Å². The maximum absolute atomic E-state index is 7.10. The molecule has 0 aliphatic heterocycles. The SMILES string of the molecule is C#CC(C[C@@H](CO[Si](c1ccccc1)(c1ccccc1)C(C)(C)C)OCc1ccccc1)OC. The van der Waals surface area contributed by atoms with Crippen LogP contribution in [0.3, 0.4) is 0 Å². The summed E-state index contributed by atoms with van der Waals surface area (Å²) in [7, 11) is -1.02. The first-order valence-electron chi connectivity index (χ1n) is 11.8. The molecule has 0 aromatic heterocycles. The van der Waals surface area contributed by atoms with E-state index >= 15 is 0 Å². The highest BCUT2D eigenvalue weighted by Gasteiger charge is 2.50. The molecule has 3 aromatic carbocycles. The van der Waals surface area contributed by atoms with Crippen LogP contribution in [0.1, 0.15) is 32.8 Å². The van der Waals surface area contributed by atoms with Crippen LogP contribution in [0.4, 0.5) is 0 Å². The minimum atomic E-state index is -2.66. The van der Waals surface area contributed by atoms with Crippen LogP contribution >= 0.6 is 0 Å². The predicted octanol–water partition coefficient (Wildman–Crippen LogP) is 5.19. The third kappa shape index (κ3) is 6.25. The van der Waals surface area contributed by atoms with Crippen molar-refractivity contribution in [3.63, 3.8) is 0 Å². The van der Waals surface area contributed by atoms with Crippen LogP contribution in [0.15, 0.2) is 91.0 Å². The molecule has 0 radical (unpaired) electrons. The van der Waals surface area contributed by atoms with E-state index in [-0.39, 0.29) is 17.2 Å². The second kappa shape index (κ2) is 12.1. The molecule has 0 heterocycles. The fourth-order valence-electron chi connectivity index (χ4n) is 4.42. The summed E-state index contributed by atoms with van der Waals surface area (Å²) in [4.78, 5) is 0. The first-order valence-corrected chi connectivity index (χ1v) is 13.7. The first-order chi connectivity index (χ1) is 16.4. The molecule has 0 fully saturated rings. The van der Waals surface area contributed by atoms with E-state index in [2.05, 4.69) is 99.5 Å². The summed E-state index contributed by atoms with van der Waals surface area (Å²) < 4.78 is 19.0. The second-order valence-corrected chi connectivity index (χ2v) is 13.8. The molecule has 0 saturated carbocycles. The molecule has 3 rings (SSSR count). The normalized spacial score (nSPS) is 13.7. The Kier molecular flexibility index (Phi) is 9.26. The van der Waals surface area contributed by atoms with Gasteiger partial charge in [0.2, 0.25) is 0 Å². The molecule has 2 atom stereocenters. The van der Waals surface area contributed by atoms with Gasteiger partial charge in [0.15, 0.2) is 0 Å². The van der Waals surface area contributed by atoms with Crippen LogP contribution in [0.25, 0.3) is 0 Å². The van der Waals surface area contributed by atoms with E-state index in [0.717, 1.165) is 5.56 Å². The number of benzene rings is 3. The zero-order valence-corrected chi connectivity index (χ0v) is 21.7. The highest BCUT2D eigenvalue weighted by Crippen LogP contribution is 2.37. The summed E-state index contributed by atoms with van der Waals surface area (Å²) in [6, 6.07) is 31.5. The molecule has 0 saturated heterocycles. The molecule has 3 nitrogen and oxygen atoms in total. The predicted molar refractivity (Wildman–Crippen MR) is 143 cm³/mol. The summed E-state index contributed by atoms with van der Waals surface area (Å²) in [5.74, 6) is 2.72. The molecule has 0 aliphatic carbocycles. The topological polar surface area (TPSA) is 27.7 Å². The van der Waals surface area contributed by atoms with Gasteiger partial charge in [0.05, 0.1) is 19.3 Å². The zero-order chi connectivity index (χ0) is 24.4. The number of hydrogen-bond donors (Lipinski definition) is 0. The Hall–Kier alpha value is -2.68. The third-order valence-corrected chi connectivity index (χ3v) is 11.2. The van der Waals surface area contributed by atoms with Crippen molar-refractivity contribution in [1.29, 1.82) is 0 Å². The highest BCUT2D eigenvalue weighted by molar-refractivity contribution is 6.99. The lowest BCUT2D eigenvalue weighted by molar-refractivity contribution is -0.0203. The summed E-state index contributed by atoms with van der Waals surface area (Å²) in [5, 5.41) is 2.39. The van der Waals surface area contributed by atoms with E-state index in [1.54, 1.807) is 7.11 Å². The molecule has 0 bridgehead atoms. The lowest BCUT2D eigenvalue weighted by Gasteiger charge is -2.43. The molecule has 34 heavy (non-hydrogen) atoms. The fourth-order valence-corrected chi connectivity index (χ4v) is 9.01. The zero-order valence-electron chi connectivity index (χ0n) is 20.7. The fraction of sp³-hybridized carbons (Fsp3) is 0.333. The van der Waals surface area contributed by atoms with Gasteiger partial charge in [0.25, 0.3) is 8.32 Å². The van der Waals surface area contributed by atoms with E-state index in [4.69, 9.17) is 20.3 Å². The van der Waals surface area contributed by atoms with E-state index in [1.165, 1.54) is 10.4 Å². The second-order valence-electron chi connectivity index (χ2n) is 9.52. The highest BCUT2D eigenvalue weighted by atomic mass is 28.4. The largest absolute Gasteiger partial charge is 0.405 e. The van der Waals surface area contributed by atoms with E-state index in [0.29, 0.717) is 19.6 Å². The summed E-state index contributed by atoms with van der Waals surface area (Å²) >= 11 is 0. The monoisotopic (exact) mass is 472 g/mol. The summed E-state index contributed by atoms with van der Waals surface area (Å²) in [6.45, 7) is 7.76. The standard InChI is InChI=1S/C30H36O3Si/c1-6-26(31-5)22-27(32-23-25-16-10-7-11-17-25)24-33-34(30(2,3)4,28-18-12-8-13-19-28)29-20-14-9-15-21-29/h1,7-21,26-27H,22-24H2,2-5H3/t26?,27-/m0/s1. The molecule has 0 amide bonds. The Morgan fingerprint density at radius 1 is 0.824 bits per heavy atom. The van der Waals surface area contributed by atoms with Crippen molar-refractivity contribution in [3.8, 4) is 12.3 Å². The van der Waals surface area contributed by atoms with E-state index in [1.807, 2.05) is 18.2 Å². The Balaban J connectivity index is 1.94. The van der Waals surface area contributed by atoms with Crippen molar-refractivity contribution in [2.75, 3.05) is 13.7 Å². The molecular formula is C30H36O3Si. The van der Waals surface area contributed by atoms with Crippen molar-refractivity contribution < 1.29 is 13.9 Å². The molecule has 4 heteroatoms. The lowest BCUT2D eigenvalue weighted by Crippen LogP contribution is -2.67. The Morgan fingerprint density at radius 3 is 1.76 bits per heavy atom. The minimum Gasteiger partial charge on any atom is -0.405 e. The van der Waals surface area contributed by atoms with Crippen LogP contribution in [0, 0.1) is 12.3 Å². The van der Waals surface area contributed by atoms with Crippen molar-refractivity contribution >= 4 is 18.7 Å². The van der Waals surface area contributed by atoms with Crippen LogP contribution in [0.5, 0.6) is 0 Å². The number of ether oxygens (including phenoxy) is 2. The molecule has 0 N–H and O–H groups in total. The Morgan fingerprint density at radius 2 is 1.32 bits per heavy atom. The number of rotatable bonds is 11. The van der Waals surface area contributed by atoms with Gasteiger partial charge < -0.3 is 13.9 Å². The van der Waals surface area contributed by atoms with E-state index < -0.39 is 8.32 Å². The number of methoxy groups -OCH3 is 1. The number of hydrogen-bond acceptors (Lipinski definition) is 3. The van der Waals surface area contributed by atoms with Crippen LogP contribution in [0.2, 0.25) is 5.04 Å². The van der Waals surface area contributed by atoms with Gasteiger partial charge in [-0.15, -0.1) is 6.42 Å². The Bertz CT molecular complexity index is 984. The maximum Gasteiger partial charge on any atom is 0.261 e. The minimum absolute atomic E-state index is 0.105. The van der Waals surface area contributed by atoms with E-state index in [9.17, 15) is 0 Å². The van der Waals surface area contributed by atoms with Crippen molar-refractivity contribution in [3.05, 3.63) is 96.6 Å². The molecule has 1 unspecified atom stereocenters. The molecule has 0 aliphatic rings. The van der Waals surface area contributed by atoms with Gasteiger partial charge >= 0.3 is 0 Å². The molecule has 0 spiro atoms. The van der Waals surface area contributed by atoms with Gasteiger partial charge in [-0.2, -0.15) is 0 Å². The summed E-state index contributed by atoms with van der Waals surface area (Å²) in [6.07, 6.45) is 5.74. The number of terminal acetylenes is 1. The first kappa shape index (κ1) is 25.9. The van der Waals surface area contributed by atoms with Gasteiger partial charge in [-0.05, 0) is 21.0 Å². The van der Waals surface area contributed by atoms with Crippen molar-refractivity contribution in [2.45, 2.75) is 51.0 Å². The quantitative estimate of drug-likeness (QED) is 0.284. The molecule has 3 aromatic rings. The smallest absolute Gasteiger partial charge is 0.261 e. The average Bonchev–Trinajstić information content (AvgIpc) is 2.86. The average molecular weight is 473 g/mol. The van der Waals surface area contributed by atoms with Crippen molar-refractivity contribution in [1.82, 2.24) is 0 Å². The van der Waals surface area contributed by atoms with Gasteiger partial charge in [-0.3, -0.25) is 0 Å². The van der Waals surface area contributed by atoms with Crippen LogP contribution in [-0.4, -0.2) is 34.2 Å². The summed E-state index contributed by atoms with van der Waals surface area (Å²) in [5.41, 5.74) is 1.12. The Labute approximate surface area is 206 Å². The van der Waals surface area contributed by atoms with Gasteiger partial charge in [0, 0.05) is 13.5 Å². The van der Waals surface area contributed by atoms with Gasteiger partial charge in [0.1, 0.15) is 6.10 Å². The van der Waals surface area contributed by atoms with Gasteiger partial charge in [-0.25, -0.2) is 0 Å². The third-order valence-electron chi connectivity index (χ3n) is 6.18. The van der Waals surface area contributed by atoms with Crippen LogP contribution in [-0.2, 0) is 20.5 Å². The lowest BCUT2D eigenvalue weighted by atomic mass is 10.1. The molecular weight excluding hydrogens is 436 g/mol. The molecule has 178 valence electrons. The van der Waals surface area contributed by atoms with Crippen LogP contribution < -0.4 is 10.4 Å². The maximum atomic E-state index is 7.10. The van der Waals surface area contributed by atoms with Gasteiger partial charge in [-0.1, -0.05) is 118 Å².